The van der Waals surface area contributed by atoms with Crippen molar-refractivity contribution in [2.45, 2.75) is 13.5 Å². The fourth-order valence-electron chi connectivity index (χ4n) is 2.30. The second kappa shape index (κ2) is 7.57. The van der Waals surface area contributed by atoms with Crippen molar-refractivity contribution in [3.8, 4) is 17.0 Å². The number of rotatable bonds is 6. The monoisotopic (exact) mass is 341 g/mol. The maximum Gasteiger partial charge on any atom is 0.361 e. The molecular weight excluding hydrogens is 325 g/mol. The Labute approximate surface area is 143 Å². The van der Waals surface area contributed by atoms with Gasteiger partial charge in [-0.05, 0) is 36.8 Å². The number of aromatic amines is 1. The minimum atomic E-state index is -0.544. The molecule has 7 heteroatoms. The highest BCUT2D eigenvalue weighted by Crippen LogP contribution is 2.25. The fraction of sp³-hybridized carbons (Fsp3) is 0.167. The summed E-state index contributed by atoms with van der Waals surface area (Å²) in [5.41, 5.74) is 1.88. The van der Waals surface area contributed by atoms with Gasteiger partial charge in [0.05, 0.1) is 6.61 Å². The van der Waals surface area contributed by atoms with E-state index in [9.17, 15) is 9.18 Å². The molecule has 0 fully saturated rings. The normalized spacial score (nSPS) is 10.5. The zero-order chi connectivity index (χ0) is 17.6. The molecule has 1 N–H and O–H groups in total. The third-order valence-electron chi connectivity index (χ3n) is 3.42. The summed E-state index contributed by atoms with van der Waals surface area (Å²) in [6, 6.07) is 13.3. The molecule has 0 aliphatic heterocycles. The highest BCUT2D eigenvalue weighted by atomic mass is 19.1. The number of benzene rings is 2. The quantitative estimate of drug-likeness (QED) is 0.696. The molecule has 0 saturated heterocycles. The maximum atomic E-state index is 13.2. The number of nitrogens with zero attached hydrogens (tertiary/aromatic N) is 2. The Kier molecular flexibility index (Phi) is 5.03. The Balaban J connectivity index is 1.78. The van der Waals surface area contributed by atoms with Gasteiger partial charge in [0.2, 0.25) is 0 Å². The topological polar surface area (TPSA) is 77.1 Å². The second-order valence-corrected chi connectivity index (χ2v) is 5.19. The number of halogens is 1. The summed E-state index contributed by atoms with van der Waals surface area (Å²) in [6.45, 7) is 2.20. The van der Waals surface area contributed by atoms with Crippen LogP contribution in [0, 0.1) is 5.82 Å². The number of H-pyrrole nitrogens is 1. The van der Waals surface area contributed by atoms with Gasteiger partial charge in [0.15, 0.2) is 5.69 Å². The summed E-state index contributed by atoms with van der Waals surface area (Å²) in [7, 11) is 0. The Morgan fingerprint density at radius 2 is 2.00 bits per heavy atom. The molecule has 6 nitrogen and oxygen atoms in total. The van der Waals surface area contributed by atoms with E-state index in [1.807, 2.05) is 0 Å². The number of hydrogen-bond donors (Lipinski definition) is 1. The first-order chi connectivity index (χ1) is 12.2. The van der Waals surface area contributed by atoms with Crippen LogP contribution in [0.15, 0.2) is 48.5 Å². The van der Waals surface area contributed by atoms with Crippen LogP contribution >= 0.6 is 0 Å². The van der Waals surface area contributed by atoms with Crippen molar-refractivity contribution in [3.05, 3.63) is 65.6 Å². The zero-order valence-corrected chi connectivity index (χ0v) is 13.5. The van der Waals surface area contributed by atoms with E-state index in [1.54, 1.807) is 43.3 Å². The molecule has 1 aromatic heterocycles. The molecule has 0 saturated carbocycles. The average molecular weight is 341 g/mol. The molecule has 0 aliphatic rings. The molecule has 3 rings (SSSR count). The summed E-state index contributed by atoms with van der Waals surface area (Å²) in [6.07, 6.45) is 0. The van der Waals surface area contributed by atoms with Crippen LogP contribution in [0.2, 0.25) is 0 Å². The number of nitrogens with one attached hydrogen (secondary N) is 1. The molecular formula is C18H16FN3O3. The van der Waals surface area contributed by atoms with Crippen LogP contribution in [0.1, 0.15) is 23.0 Å². The highest BCUT2D eigenvalue weighted by molar-refractivity contribution is 5.93. The predicted molar refractivity (Wildman–Crippen MR) is 88.5 cm³/mol. The van der Waals surface area contributed by atoms with E-state index in [4.69, 9.17) is 9.47 Å². The first kappa shape index (κ1) is 16.6. The van der Waals surface area contributed by atoms with E-state index in [1.165, 1.54) is 12.1 Å². The summed E-state index contributed by atoms with van der Waals surface area (Å²) in [5.74, 6) is -0.284. The zero-order valence-electron chi connectivity index (χ0n) is 13.5. The third kappa shape index (κ3) is 4.00. The van der Waals surface area contributed by atoms with Gasteiger partial charge in [-0.1, -0.05) is 24.3 Å². The van der Waals surface area contributed by atoms with E-state index in [0.717, 1.165) is 5.56 Å². The number of aromatic nitrogens is 3. The van der Waals surface area contributed by atoms with Crippen molar-refractivity contribution in [3.63, 3.8) is 0 Å². The Morgan fingerprint density at radius 3 is 2.80 bits per heavy atom. The van der Waals surface area contributed by atoms with Crippen molar-refractivity contribution < 1.29 is 18.7 Å². The largest absolute Gasteiger partial charge is 0.489 e. The van der Waals surface area contributed by atoms with E-state index in [2.05, 4.69) is 15.4 Å². The predicted octanol–water partition coefficient (Wildman–Crippen LogP) is 3.37. The van der Waals surface area contributed by atoms with E-state index < -0.39 is 5.97 Å². The second-order valence-electron chi connectivity index (χ2n) is 5.19. The van der Waals surface area contributed by atoms with Crippen molar-refractivity contribution in [2.24, 2.45) is 0 Å². The molecule has 3 aromatic rings. The summed E-state index contributed by atoms with van der Waals surface area (Å²) in [5, 5.41) is 10.3. The molecule has 0 unspecified atom stereocenters. The van der Waals surface area contributed by atoms with Gasteiger partial charge in [0.25, 0.3) is 0 Å². The highest BCUT2D eigenvalue weighted by Gasteiger charge is 2.19. The standard InChI is InChI=1S/C18H16FN3O3/c1-2-24-18(23)17-16(20-22-21-17)13-6-4-8-15(10-13)25-11-12-5-3-7-14(19)9-12/h3-10H,2,11H2,1H3,(H,20,21,22). The lowest BCUT2D eigenvalue weighted by Gasteiger charge is -2.08. The molecule has 25 heavy (non-hydrogen) atoms. The van der Waals surface area contributed by atoms with Crippen LogP contribution in [0.5, 0.6) is 5.75 Å². The van der Waals surface area contributed by atoms with E-state index in [-0.39, 0.29) is 24.7 Å². The van der Waals surface area contributed by atoms with Gasteiger partial charge in [-0.15, -0.1) is 5.10 Å². The number of esters is 1. The Morgan fingerprint density at radius 1 is 1.16 bits per heavy atom. The number of carbonyl (C=O) groups excluding carboxylic acids is 1. The lowest BCUT2D eigenvalue weighted by Crippen LogP contribution is -2.06. The molecule has 1 heterocycles. The molecule has 0 radical (unpaired) electrons. The maximum absolute atomic E-state index is 13.2. The lowest BCUT2D eigenvalue weighted by molar-refractivity contribution is 0.0520. The van der Waals surface area contributed by atoms with Gasteiger partial charge in [0, 0.05) is 5.56 Å². The van der Waals surface area contributed by atoms with Gasteiger partial charge in [-0.25, -0.2) is 9.18 Å². The molecule has 0 bridgehead atoms. The molecule has 0 spiro atoms. The SMILES string of the molecule is CCOC(=O)c1n[nH]nc1-c1cccc(OCc2cccc(F)c2)c1. The average Bonchev–Trinajstić information content (AvgIpc) is 3.10. The van der Waals surface area contributed by atoms with Gasteiger partial charge in [0.1, 0.15) is 23.9 Å². The number of carbonyl (C=O) groups is 1. The molecule has 0 aliphatic carbocycles. The third-order valence-corrected chi connectivity index (χ3v) is 3.42. The number of hydrogen-bond acceptors (Lipinski definition) is 5. The lowest BCUT2D eigenvalue weighted by atomic mass is 10.1. The van der Waals surface area contributed by atoms with Crippen LogP contribution in [0.25, 0.3) is 11.3 Å². The van der Waals surface area contributed by atoms with Crippen LogP contribution < -0.4 is 4.74 Å². The van der Waals surface area contributed by atoms with Gasteiger partial charge < -0.3 is 9.47 Å². The molecule has 128 valence electrons. The van der Waals surface area contributed by atoms with Crippen LogP contribution in [-0.2, 0) is 11.3 Å². The van der Waals surface area contributed by atoms with Crippen molar-refractivity contribution in [2.75, 3.05) is 6.61 Å². The molecule has 2 aromatic carbocycles. The van der Waals surface area contributed by atoms with Crippen LogP contribution in [-0.4, -0.2) is 28.0 Å². The summed E-state index contributed by atoms with van der Waals surface area (Å²) < 4.78 is 23.9. The Bertz CT molecular complexity index is 879. The van der Waals surface area contributed by atoms with Crippen LogP contribution in [0.3, 0.4) is 0 Å². The van der Waals surface area contributed by atoms with Crippen molar-refractivity contribution in [1.29, 1.82) is 0 Å². The summed E-state index contributed by atoms with van der Waals surface area (Å²) >= 11 is 0. The summed E-state index contributed by atoms with van der Waals surface area (Å²) in [4.78, 5) is 11.9. The van der Waals surface area contributed by atoms with E-state index >= 15 is 0 Å². The first-order valence-corrected chi connectivity index (χ1v) is 7.73. The van der Waals surface area contributed by atoms with E-state index in [0.29, 0.717) is 17.0 Å². The Hall–Kier alpha value is -3.22. The number of ether oxygens (including phenoxy) is 2. The first-order valence-electron chi connectivity index (χ1n) is 7.73. The smallest absolute Gasteiger partial charge is 0.361 e. The minimum Gasteiger partial charge on any atom is -0.489 e. The van der Waals surface area contributed by atoms with Gasteiger partial charge in [-0.3, -0.25) is 0 Å². The van der Waals surface area contributed by atoms with Gasteiger partial charge in [-0.2, -0.15) is 10.3 Å². The van der Waals surface area contributed by atoms with Crippen molar-refractivity contribution >= 4 is 5.97 Å². The van der Waals surface area contributed by atoms with Crippen LogP contribution in [0.4, 0.5) is 4.39 Å². The minimum absolute atomic E-state index is 0.115. The fourth-order valence-corrected chi connectivity index (χ4v) is 2.30. The van der Waals surface area contributed by atoms with Gasteiger partial charge >= 0.3 is 5.97 Å². The molecule has 0 atom stereocenters. The molecule has 0 amide bonds. The van der Waals surface area contributed by atoms with Crippen molar-refractivity contribution in [1.82, 2.24) is 15.4 Å².